The van der Waals surface area contributed by atoms with E-state index in [1.807, 2.05) is 0 Å². The standard InChI is InChI=1S/C14H13F3N4/c1-8-2-4-18-6-10(8)13-20-11-7-19-5-3-9(11)12(21-13)14(15,16)17/h2,4,6,19H,3,5,7H2,1H3. The summed E-state index contributed by atoms with van der Waals surface area (Å²) in [5, 5.41) is 3.04. The molecule has 110 valence electrons. The molecule has 0 atom stereocenters. The summed E-state index contributed by atoms with van der Waals surface area (Å²) in [6, 6.07) is 1.73. The lowest BCUT2D eigenvalue weighted by Gasteiger charge is -2.21. The summed E-state index contributed by atoms with van der Waals surface area (Å²) in [6.07, 6.45) is -1.11. The monoisotopic (exact) mass is 294 g/mol. The van der Waals surface area contributed by atoms with Crippen LogP contribution in [0.15, 0.2) is 18.5 Å². The fraction of sp³-hybridized carbons (Fsp3) is 0.357. The highest BCUT2D eigenvalue weighted by Crippen LogP contribution is 2.34. The molecule has 0 radical (unpaired) electrons. The van der Waals surface area contributed by atoms with Gasteiger partial charge in [0.1, 0.15) is 0 Å². The Morgan fingerprint density at radius 1 is 1.24 bits per heavy atom. The minimum atomic E-state index is -4.48. The SMILES string of the molecule is Cc1ccncc1-c1nc2c(c(C(F)(F)F)n1)CCNC2. The fourth-order valence-corrected chi connectivity index (χ4v) is 2.41. The number of halogens is 3. The number of nitrogens with one attached hydrogen (secondary N) is 1. The van der Waals surface area contributed by atoms with E-state index in [2.05, 4.69) is 20.3 Å². The predicted molar refractivity (Wildman–Crippen MR) is 70.4 cm³/mol. The van der Waals surface area contributed by atoms with Gasteiger partial charge in [-0.25, -0.2) is 9.97 Å². The van der Waals surface area contributed by atoms with Gasteiger partial charge in [-0.05, 0) is 31.5 Å². The van der Waals surface area contributed by atoms with E-state index in [0.717, 1.165) is 5.56 Å². The Morgan fingerprint density at radius 3 is 2.76 bits per heavy atom. The van der Waals surface area contributed by atoms with Gasteiger partial charge in [-0.15, -0.1) is 0 Å². The lowest BCUT2D eigenvalue weighted by Crippen LogP contribution is -2.29. The van der Waals surface area contributed by atoms with Crippen molar-refractivity contribution >= 4 is 0 Å². The Hall–Kier alpha value is -2.02. The smallest absolute Gasteiger partial charge is 0.311 e. The molecule has 0 saturated carbocycles. The molecule has 0 bridgehead atoms. The Bertz CT molecular complexity index is 682. The Kier molecular flexibility index (Phi) is 3.36. The summed E-state index contributed by atoms with van der Waals surface area (Å²) < 4.78 is 39.7. The van der Waals surface area contributed by atoms with Crippen LogP contribution in [-0.2, 0) is 19.1 Å². The average molecular weight is 294 g/mol. The molecule has 7 heteroatoms. The van der Waals surface area contributed by atoms with E-state index in [-0.39, 0.29) is 17.8 Å². The number of rotatable bonds is 1. The molecule has 0 aromatic carbocycles. The number of fused-ring (bicyclic) bond motifs is 1. The van der Waals surface area contributed by atoms with Gasteiger partial charge in [0.15, 0.2) is 11.5 Å². The quantitative estimate of drug-likeness (QED) is 0.878. The molecule has 3 heterocycles. The van der Waals surface area contributed by atoms with Gasteiger partial charge in [0.25, 0.3) is 0 Å². The fourth-order valence-electron chi connectivity index (χ4n) is 2.41. The van der Waals surface area contributed by atoms with Crippen LogP contribution in [0.25, 0.3) is 11.4 Å². The van der Waals surface area contributed by atoms with Crippen LogP contribution in [0.1, 0.15) is 22.5 Å². The third kappa shape index (κ3) is 2.61. The first-order valence-electron chi connectivity index (χ1n) is 6.55. The summed E-state index contributed by atoms with van der Waals surface area (Å²) in [6.45, 7) is 2.63. The van der Waals surface area contributed by atoms with E-state index < -0.39 is 11.9 Å². The first-order valence-corrected chi connectivity index (χ1v) is 6.55. The third-order valence-corrected chi connectivity index (χ3v) is 3.49. The molecule has 0 spiro atoms. The molecule has 1 N–H and O–H groups in total. The molecule has 0 amide bonds. The summed E-state index contributed by atoms with van der Waals surface area (Å²) in [5.74, 6) is 0.0791. The van der Waals surface area contributed by atoms with E-state index in [4.69, 9.17) is 0 Å². The molecule has 21 heavy (non-hydrogen) atoms. The maximum atomic E-state index is 13.2. The predicted octanol–water partition coefficient (Wildman–Crippen LogP) is 2.51. The largest absolute Gasteiger partial charge is 0.433 e. The Balaban J connectivity index is 2.22. The van der Waals surface area contributed by atoms with Gasteiger partial charge in [0, 0.05) is 30.1 Å². The molecule has 0 saturated heterocycles. The number of alkyl halides is 3. The van der Waals surface area contributed by atoms with Gasteiger partial charge in [0.2, 0.25) is 0 Å². The molecule has 0 fully saturated rings. The van der Waals surface area contributed by atoms with E-state index in [9.17, 15) is 13.2 Å². The van der Waals surface area contributed by atoms with Gasteiger partial charge in [-0.3, -0.25) is 4.98 Å². The molecule has 1 aliphatic heterocycles. The highest BCUT2D eigenvalue weighted by atomic mass is 19.4. The van der Waals surface area contributed by atoms with E-state index in [1.165, 1.54) is 6.20 Å². The third-order valence-electron chi connectivity index (χ3n) is 3.49. The van der Waals surface area contributed by atoms with Crippen LogP contribution in [0.2, 0.25) is 0 Å². The first kappa shape index (κ1) is 13.9. The molecule has 0 unspecified atom stereocenters. The van der Waals surface area contributed by atoms with Crippen LogP contribution < -0.4 is 5.32 Å². The highest BCUT2D eigenvalue weighted by Gasteiger charge is 2.38. The van der Waals surface area contributed by atoms with E-state index >= 15 is 0 Å². The number of aromatic nitrogens is 3. The van der Waals surface area contributed by atoms with Crippen molar-refractivity contribution in [2.45, 2.75) is 26.1 Å². The topological polar surface area (TPSA) is 50.7 Å². The van der Waals surface area contributed by atoms with Gasteiger partial charge in [0.05, 0.1) is 5.69 Å². The van der Waals surface area contributed by atoms with Crippen LogP contribution in [0, 0.1) is 6.92 Å². The molecule has 2 aromatic rings. The summed E-state index contributed by atoms with van der Waals surface area (Å²) in [4.78, 5) is 12.0. The van der Waals surface area contributed by atoms with Gasteiger partial charge >= 0.3 is 6.18 Å². The maximum absolute atomic E-state index is 13.2. The zero-order valence-corrected chi connectivity index (χ0v) is 11.3. The van der Waals surface area contributed by atoms with E-state index in [0.29, 0.717) is 24.3 Å². The van der Waals surface area contributed by atoms with Crippen molar-refractivity contribution in [2.24, 2.45) is 0 Å². The van der Waals surface area contributed by atoms with Crippen molar-refractivity contribution in [1.82, 2.24) is 20.3 Å². The first-order chi connectivity index (χ1) is 9.97. The van der Waals surface area contributed by atoms with Crippen molar-refractivity contribution in [3.8, 4) is 11.4 Å². The number of hydrogen-bond donors (Lipinski definition) is 1. The molecule has 0 aliphatic carbocycles. The van der Waals surface area contributed by atoms with Crippen LogP contribution in [0.3, 0.4) is 0 Å². The van der Waals surface area contributed by atoms with Crippen LogP contribution in [-0.4, -0.2) is 21.5 Å². The molecule has 2 aromatic heterocycles. The summed E-state index contributed by atoms with van der Waals surface area (Å²) in [5.41, 5.74) is 1.11. The lowest BCUT2D eigenvalue weighted by atomic mass is 10.0. The van der Waals surface area contributed by atoms with Crippen molar-refractivity contribution < 1.29 is 13.2 Å². The zero-order valence-electron chi connectivity index (χ0n) is 11.3. The molecule has 1 aliphatic rings. The van der Waals surface area contributed by atoms with Gasteiger partial charge in [-0.1, -0.05) is 0 Å². The van der Waals surface area contributed by atoms with Crippen molar-refractivity contribution in [1.29, 1.82) is 0 Å². The van der Waals surface area contributed by atoms with E-state index in [1.54, 1.807) is 19.2 Å². The molecule has 4 nitrogen and oxygen atoms in total. The zero-order chi connectivity index (χ0) is 15.0. The van der Waals surface area contributed by atoms with Crippen molar-refractivity contribution in [3.05, 3.63) is 41.0 Å². The Morgan fingerprint density at radius 2 is 2.05 bits per heavy atom. The molecular formula is C14H13F3N4. The normalized spacial score (nSPS) is 14.9. The number of pyridine rings is 1. The summed E-state index contributed by atoms with van der Waals surface area (Å²) >= 11 is 0. The maximum Gasteiger partial charge on any atom is 0.433 e. The number of hydrogen-bond acceptors (Lipinski definition) is 4. The summed E-state index contributed by atoms with van der Waals surface area (Å²) in [7, 11) is 0. The van der Waals surface area contributed by atoms with Crippen LogP contribution in [0.4, 0.5) is 13.2 Å². The van der Waals surface area contributed by atoms with Crippen molar-refractivity contribution in [3.63, 3.8) is 0 Å². The molecule has 3 rings (SSSR count). The van der Waals surface area contributed by atoms with Gasteiger partial charge < -0.3 is 5.32 Å². The van der Waals surface area contributed by atoms with Crippen molar-refractivity contribution in [2.75, 3.05) is 6.54 Å². The molecular weight excluding hydrogens is 281 g/mol. The van der Waals surface area contributed by atoms with Gasteiger partial charge in [-0.2, -0.15) is 13.2 Å². The number of aryl methyl sites for hydroxylation is 1. The van der Waals surface area contributed by atoms with Crippen LogP contribution >= 0.6 is 0 Å². The van der Waals surface area contributed by atoms with Crippen LogP contribution in [0.5, 0.6) is 0 Å². The number of nitrogens with zero attached hydrogens (tertiary/aromatic N) is 3. The second kappa shape index (κ2) is 5.07. The second-order valence-corrected chi connectivity index (χ2v) is 4.94. The second-order valence-electron chi connectivity index (χ2n) is 4.94. The average Bonchev–Trinajstić information content (AvgIpc) is 2.45. The highest BCUT2D eigenvalue weighted by molar-refractivity contribution is 5.59. The Labute approximate surface area is 119 Å². The minimum absolute atomic E-state index is 0.0791. The minimum Gasteiger partial charge on any atom is -0.311 e. The lowest BCUT2D eigenvalue weighted by molar-refractivity contribution is -0.142.